The first kappa shape index (κ1) is 19.7. The molecule has 0 spiro atoms. The van der Waals surface area contributed by atoms with Gasteiger partial charge in [0.2, 0.25) is 5.95 Å². The van der Waals surface area contributed by atoms with Crippen molar-refractivity contribution in [3.8, 4) is 0 Å². The Kier molecular flexibility index (Phi) is 4.96. The third-order valence-corrected chi connectivity index (χ3v) is 5.81. The Bertz CT molecular complexity index is 920. The molecule has 0 radical (unpaired) electrons. The number of nitrogens with one attached hydrogen (secondary N) is 2. The Morgan fingerprint density at radius 1 is 1.34 bits per heavy atom. The molecular weight excluding hydrogens is 368 g/mol. The van der Waals surface area contributed by atoms with E-state index >= 15 is 0 Å². The molecule has 3 heterocycles. The van der Waals surface area contributed by atoms with Crippen LogP contribution in [0.15, 0.2) is 6.07 Å². The van der Waals surface area contributed by atoms with Crippen molar-refractivity contribution >= 4 is 23.6 Å². The van der Waals surface area contributed by atoms with E-state index in [0.29, 0.717) is 11.9 Å². The van der Waals surface area contributed by atoms with E-state index in [2.05, 4.69) is 43.2 Å². The Morgan fingerprint density at radius 3 is 2.83 bits per heavy atom. The summed E-state index contributed by atoms with van der Waals surface area (Å²) in [6.45, 7) is 9.48. The maximum absolute atomic E-state index is 12.2. The maximum Gasteiger partial charge on any atom is 0.328 e. The number of fused-ring (bicyclic) bond motifs is 1. The van der Waals surface area contributed by atoms with Gasteiger partial charge in [-0.1, -0.05) is 27.7 Å². The predicted molar refractivity (Wildman–Crippen MR) is 112 cm³/mol. The third-order valence-electron chi connectivity index (χ3n) is 5.81. The molecule has 1 atom stereocenters. The zero-order chi connectivity index (χ0) is 20.8. The fourth-order valence-corrected chi connectivity index (χ4v) is 4.29. The van der Waals surface area contributed by atoms with Crippen molar-refractivity contribution in [3.05, 3.63) is 23.0 Å². The van der Waals surface area contributed by atoms with Crippen LogP contribution in [0.2, 0.25) is 0 Å². The molecule has 2 N–H and O–H groups in total. The summed E-state index contributed by atoms with van der Waals surface area (Å²) >= 11 is 0. The summed E-state index contributed by atoms with van der Waals surface area (Å²) in [6.07, 6.45) is 3.49. The second-order valence-electron chi connectivity index (χ2n) is 9.18. The van der Waals surface area contributed by atoms with Crippen LogP contribution in [0.4, 0.5) is 17.6 Å². The number of carbonyl (C=O) groups is 1. The van der Waals surface area contributed by atoms with E-state index in [9.17, 15) is 4.79 Å². The minimum Gasteiger partial charge on any atom is -0.467 e. The number of anilines is 3. The smallest absolute Gasteiger partial charge is 0.328 e. The van der Waals surface area contributed by atoms with E-state index in [1.165, 1.54) is 7.11 Å². The first-order valence-corrected chi connectivity index (χ1v) is 10.3. The van der Waals surface area contributed by atoms with Gasteiger partial charge in [-0.3, -0.25) is 5.10 Å². The molecular formula is C21H30N6O2. The van der Waals surface area contributed by atoms with E-state index in [1.807, 2.05) is 11.0 Å². The van der Waals surface area contributed by atoms with Crippen LogP contribution in [-0.2, 0) is 22.4 Å². The van der Waals surface area contributed by atoms with E-state index in [4.69, 9.17) is 14.7 Å². The number of methoxy groups -OCH3 is 1. The number of hydrogen-bond acceptors (Lipinski definition) is 7. The number of carbonyl (C=O) groups excluding carboxylic acids is 1. The first-order chi connectivity index (χ1) is 13.8. The van der Waals surface area contributed by atoms with Crippen LogP contribution in [0.25, 0.3) is 0 Å². The van der Waals surface area contributed by atoms with Crippen molar-refractivity contribution in [1.82, 2.24) is 20.2 Å². The number of ether oxygens (including phenoxy) is 1. The van der Waals surface area contributed by atoms with Gasteiger partial charge in [0.15, 0.2) is 0 Å². The second-order valence-corrected chi connectivity index (χ2v) is 9.18. The molecule has 0 aromatic carbocycles. The molecule has 1 fully saturated rings. The average Bonchev–Trinajstić information content (AvgIpc) is 3.37. The molecule has 2 aromatic heterocycles. The van der Waals surface area contributed by atoms with Crippen molar-refractivity contribution in [1.29, 1.82) is 0 Å². The molecule has 1 unspecified atom stereocenters. The second kappa shape index (κ2) is 7.31. The number of aromatic nitrogens is 4. The van der Waals surface area contributed by atoms with Crippen molar-refractivity contribution in [2.75, 3.05) is 23.9 Å². The first-order valence-electron chi connectivity index (χ1n) is 10.3. The van der Waals surface area contributed by atoms with Gasteiger partial charge in [0.05, 0.1) is 18.5 Å². The molecule has 8 nitrogen and oxygen atoms in total. The summed E-state index contributed by atoms with van der Waals surface area (Å²) in [6, 6.07) is 1.70. The van der Waals surface area contributed by atoms with Crippen LogP contribution in [0.1, 0.15) is 63.4 Å². The van der Waals surface area contributed by atoms with Crippen LogP contribution in [-0.4, -0.2) is 45.8 Å². The number of H-pyrrole nitrogens is 1. The Morgan fingerprint density at radius 2 is 2.14 bits per heavy atom. The van der Waals surface area contributed by atoms with E-state index in [1.54, 1.807) is 0 Å². The number of esters is 1. The van der Waals surface area contributed by atoms with Gasteiger partial charge in [-0.25, -0.2) is 9.78 Å². The van der Waals surface area contributed by atoms with E-state index in [-0.39, 0.29) is 17.4 Å². The van der Waals surface area contributed by atoms with Gasteiger partial charge >= 0.3 is 5.97 Å². The highest BCUT2D eigenvalue weighted by Crippen LogP contribution is 2.40. The molecule has 1 saturated heterocycles. The number of nitrogens with zero attached hydrogens (tertiary/aromatic N) is 4. The Hall–Kier alpha value is -2.64. The van der Waals surface area contributed by atoms with E-state index < -0.39 is 0 Å². The summed E-state index contributed by atoms with van der Waals surface area (Å²) in [7, 11) is 1.43. The van der Waals surface area contributed by atoms with Gasteiger partial charge in [-0.2, -0.15) is 10.1 Å². The summed E-state index contributed by atoms with van der Waals surface area (Å²) in [4.78, 5) is 23.9. The molecule has 156 valence electrons. The lowest BCUT2D eigenvalue weighted by molar-refractivity contribution is -0.141. The van der Waals surface area contributed by atoms with Crippen molar-refractivity contribution in [2.24, 2.45) is 5.41 Å². The molecule has 4 rings (SSSR count). The molecule has 2 aromatic rings. The van der Waals surface area contributed by atoms with E-state index in [0.717, 1.165) is 60.8 Å². The van der Waals surface area contributed by atoms with Crippen LogP contribution in [0.3, 0.4) is 0 Å². The van der Waals surface area contributed by atoms with Crippen LogP contribution < -0.4 is 10.2 Å². The highest BCUT2D eigenvalue weighted by molar-refractivity contribution is 5.80. The standard InChI is InChI=1S/C21H30N6O2/c1-12(2)14-9-17(26-25-14)23-18-13-10-21(3,4)11-15(13)22-20(24-18)27-8-6-7-16(27)19(28)29-5/h9,12,16H,6-8,10-11H2,1-5H3,(H2,22,23,24,25,26). The molecule has 0 saturated carbocycles. The predicted octanol–water partition coefficient (Wildman–Crippen LogP) is 3.33. The van der Waals surface area contributed by atoms with Crippen molar-refractivity contribution in [2.45, 2.75) is 65.3 Å². The maximum atomic E-state index is 12.2. The molecule has 0 bridgehead atoms. The molecule has 1 aliphatic carbocycles. The third kappa shape index (κ3) is 3.80. The fraction of sp³-hybridized carbons (Fsp3) is 0.619. The lowest BCUT2D eigenvalue weighted by Crippen LogP contribution is -2.38. The monoisotopic (exact) mass is 398 g/mol. The van der Waals surface area contributed by atoms with Gasteiger partial charge in [0, 0.05) is 18.2 Å². The highest BCUT2D eigenvalue weighted by atomic mass is 16.5. The van der Waals surface area contributed by atoms with Gasteiger partial charge in [0.1, 0.15) is 17.7 Å². The van der Waals surface area contributed by atoms with Gasteiger partial charge < -0.3 is 15.0 Å². The van der Waals surface area contributed by atoms with Gasteiger partial charge in [-0.05, 0) is 37.0 Å². The van der Waals surface area contributed by atoms with Gasteiger partial charge in [0.25, 0.3) is 0 Å². The summed E-state index contributed by atoms with van der Waals surface area (Å²) in [5, 5.41) is 10.9. The fourth-order valence-electron chi connectivity index (χ4n) is 4.29. The lowest BCUT2D eigenvalue weighted by Gasteiger charge is -2.24. The zero-order valence-corrected chi connectivity index (χ0v) is 17.9. The van der Waals surface area contributed by atoms with Crippen molar-refractivity contribution < 1.29 is 9.53 Å². The Balaban J connectivity index is 1.71. The van der Waals surface area contributed by atoms with Crippen molar-refractivity contribution in [3.63, 3.8) is 0 Å². The molecule has 1 aliphatic heterocycles. The summed E-state index contributed by atoms with van der Waals surface area (Å²) in [5.41, 5.74) is 3.34. The average molecular weight is 399 g/mol. The summed E-state index contributed by atoms with van der Waals surface area (Å²) in [5.74, 6) is 2.33. The number of aromatic amines is 1. The molecule has 29 heavy (non-hydrogen) atoms. The quantitative estimate of drug-likeness (QED) is 0.746. The van der Waals surface area contributed by atoms with Crippen LogP contribution in [0, 0.1) is 5.41 Å². The highest BCUT2D eigenvalue weighted by Gasteiger charge is 2.37. The van der Waals surface area contributed by atoms with Crippen LogP contribution >= 0.6 is 0 Å². The zero-order valence-electron chi connectivity index (χ0n) is 17.9. The topological polar surface area (TPSA) is 96.0 Å². The van der Waals surface area contributed by atoms with Gasteiger partial charge in [-0.15, -0.1) is 0 Å². The normalized spacial score (nSPS) is 20.2. The molecule has 8 heteroatoms. The molecule has 0 amide bonds. The minimum atomic E-state index is -0.319. The number of hydrogen-bond donors (Lipinski definition) is 2. The molecule has 2 aliphatic rings. The minimum absolute atomic E-state index is 0.135. The summed E-state index contributed by atoms with van der Waals surface area (Å²) < 4.78 is 5.00. The van der Waals surface area contributed by atoms with Crippen LogP contribution in [0.5, 0.6) is 0 Å². The lowest BCUT2D eigenvalue weighted by atomic mass is 9.90. The largest absolute Gasteiger partial charge is 0.467 e. The SMILES string of the molecule is COC(=O)C1CCCN1c1nc2c(c(Nc3cc(C(C)C)n[nH]3)n1)CC(C)(C)C2. The Labute approximate surface area is 171 Å². The number of rotatable bonds is 5.